The van der Waals surface area contributed by atoms with Gasteiger partial charge in [0.2, 0.25) is 0 Å². The van der Waals surface area contributed by atoms with Crippen molar-refractivity contribution < 1.29 is 27.8 Å². The fourth-order valence-electron chi connectivity index (χ4n) is 2.91. The highest BCUT2D eigenvalue weighted by molar-refractivity contribution is 5.71. The molecule has 2 rings (SSSR count). The molecule has 26 heavy (non-hydrogen) atoms. The maximum atomic E-state index is 14.0. The van der Waals surface area contributed by atoms with Gasteiger partial charge in [0, 0.05) is 13.0 Å². The van der Waals surface area contributed by atoms with Crippen LogP contribution in [0.5, 0.6) is 0 Å². The lowest BCUT2D eigenvalue weighted by atomic mass is 9.92. The average molecular weight is 369 g/mol. The topological polar surface area (TPSA) is 55.8 Å². The summed E-state index contributed by atoms with van der Waals surface area (Å²) in [4.78, 5) is 25.1. The first-order valence-corrected chi connectivity index (χ1v) is 8.59. The van der Waals surface area contributed by atoms with Gasteiger partial charge in [-0.2, -0.15) is 0 Å². The minimum absolute atomic E-state index is 0.0124. The van der Waals surface area contributed by atoms with E-state index in [0.29, 0.717) is 0 Å². The third kappa shape index (κ3) is 6.61. The number of hydrogen-bond acceptors (Lipinski definition) is 4. The zero-order valence-electron chi connectivity index (χ0n) is 15.3. The number of carbonyl (C=O) groups is 2. The van der Waals surface area contributed by atoms with E-state index in [1.54, 1.807) is 45.0 Å². The molecule has 1 heterocycles. The van der Waals surface area contributed by atoms with Gasteiger partial charge in [-0.1, -0.05) is 30.3 Å². The molecule has 1 amide bonds. The van der Waals surface area contributed by atoms with E-state index < -0.39 is 42.5 Å². The van der Waals surface area contributed by atoms with Crippen LogP contribution in [-0.4, -0.2) is 41.6 Å². The predicted octanol–water partition coefficient (Wildman–Crippen LogP) is 4.01. The number of esters is 1. The quantitative estimate of drug-likeness (QED) is 0.753. The Labute approximate surface area is 152 Å². The fourth-order valence-corrected chi connectivity index (χ4v) is 2.91. The summed E-state index contributed by atoms with van der Waals surface area (Å²) in [5.74, 6) is -4.27. The second kappa shape index (κ2) is 8.01. The van der Waals surface area contributed by atoms with Gasteiger partial charge >= 0.3 is 12.1 Å². The van der Waals surface area contributed by atoms with Crippen molar-refractivity contribution in [3.63, 3.8) is 0 Å². The third-order valence-corrected chi connectivity index (χ3v) is 3.83. The maximum Gasteiger partial charge on any atom is 0.410 e. The molecule has 1 aromatic rings. The van der Waals surface area contributed by atoms with Gasteiger partial charge in [0.25, 0.3) is 5.92 Å². The van der Waals surface area contributed by atoms with Crippen molar-refractivity contribution in [3.05, 3.63) is 35.9 Å². The number of hydrogen-bond donors (Lipinski definition) is 0. The van der Waals surface area contributed by atoms with E-state index >= 15 is 0 Å². The number of piperidine rings is 1. The molecule has 144 valence electrons. The van der Waals surface area contributed by atoms with Crippen molar-refractivity contribution in [1.29, 1.82) is 0 Å². The van der Waals surface area contributed by atoms with E-state index in [-0.39, 0.29) is 19.6 Å². The molecule has 0 N–H and O–H groups in total. The van der Waals surface area contributed by atoms with Gasteiger partial charge in [-0.05, 0) is 32.3 Å². The largest absolute Gasteiger partial charge is 0.460 e. The smallest absolute Gasteiger partial charge is 0.410 e. The van der Waals surface area contributed by atoms with E-state index in [9.17, 15) is 18.4 Å². The van der Waals surface area contributed by atoms with Gasteiger partial charge in [-0.15, -0.1) is 0 Å². The second-order valence-electron chi connectivity index (χ2n) is 7.64. The zero-order chi connectivity index (χ0) is 19.4. The van der Waals surface area contributed by atoms with E-state index in [0.717, 1.165) is 10.5 Å². The summed E-state index contributed by atoms with van der Waals surface area (Å²) in [6.45, 7) is 4.50. The van der Waals surface area contributed by atoms with Crippen LogP contribution in [0.15, 0.2) is 30.3 Å². The molecule has 0 radical (unpaired) electrons. The van der Waals surface area contributed by atoms with Crippen LogP contribution in [-0.2, 0) is 20.9 Å². The molecule has 0 spiro atoms. The Morgan fingerprint density at radius 1 is 1.23 bits per heavy atom. The Morgan fingerprint density at radius 2 is 1.88 bits per heavy atom. The van der Waals surface area contributed by atoms with Crippen LogP contribution in [0.25, 0.3) is 0 Å². The number of amides is 1. The molecule has 1 aromatic carbocycles. The molecule has 0 bridgehead atoms. The van der Waals surface area contributed by atoms with E-state index in [4.69, 9.17) is 9.47 Å². The van der Waals surface area contributed by atoms with Gasteiger partial charge in [0.15, 0.2) is 0 Å². The summed E-state index contributed by atoms with van der Waals surface area (Å²) in [6.07, 6.45) is -1.41. The Kier molecular flexibility index (Phi) is 6.21. The third-order valence-electron chi connectivity index (χ3n) is 3.83. The van der Waals surface area contributed by atoms with Crippen LogP contribution in [0.2, 0.25) is 0 Å². The Morgan fingerprint density at radius 3 is 2.50 bits per heavy atom. The summed E-state index contributed by atoms with van der Waals surface area (Å²) in [7, 11) is 0. The number of benzene rings is 1. The van der Waals surface area contributed by atoms with Crippen LogP contribution in [0, 0.1) is 5.92 Å². The highest BCUT2D eigenvalue weighted by Crippen LogP contribution is 2.33. The molecular formula is C19H25F2NO4. The van der Waals surface area contributed by atoms with Crippen LogP contribution < -0.4 is 0 Å². The number of nitrogens with zero attached hydrogens (tertiary/aromatic N) is 1. The molecule has 0 saturated carbocycles. The van der Waals surface area contributed by atoms with Gasteiger partial charge < -0.3 is 14.4 Å². The first kappa shape index (κ1) is 20.1. The molecule has 0 aliphatic carbocycles. The van der Waals surface area contributed by atoms with E-state index in [2.05, 4.69) is 0 Å². The number of carbonyl (C=O) groups excluding carboxylic acids is 2. The standard InChI is InChI=1S/C19H25F2NO4/c1-18(2,3)26-16(23)9-15-10-19(20,21)13-22(11-15)17(24)25-12-14-7-5-4-6-8-14/h4-8,15H,9-13H2,1-3H3/t15-/m0/s1. The van der Waals surface area contributed by atoms with Gasteiger partial charge in [0.1, 0.15) is 12.2 Å². The fraction of sp³-hybridized carbons (Fsp3) is 0.579. The van der Waals surface area contributed by atoms with Crippen molar-refractivity contribution in [3.8, 4) is 0 Å². The number of alkyl halides is 2. The zero-order valence-corrected chi connectivity index (χ0v) is 15.3. The van der Waals surface area contributed by atoms with E-state index in [1.165, 1.54) is 0 Å². The van der Waals surface area contributed by atoms with Gasteiger partial charge in [0.05, 0.1) is 13.0 Å². The van der Waals surface area contributed by atoms with Crippen molar-refractivity contribution in [1.82, 2.24) is 4.90 Å². The van der Waals surface area contributed by atoms with E-state index in [1.807, 2.05) is 6.07 Å². The molecule has 1 fully saturated rings. The minimum Gasteiger partial charge on any atom is -0.460 e. The summed E-state index contributed by atoms with van der Waals surface area (Å²) >= 11 is 0. The molecule has 0 aromatic heterocycles. The van der Waals surface area contributed by atoms with Crippen LogP contribution >= 0.6 is 0 Å². The van der Waals surface area contributed by atoms with Crippen molar-refractivity contribution in [2.45, 2.75) is 51.7 Å². The molecule has 5 nitrogen and oxygen atoms in total. The van der Waals surface area contributed by atoms with Crippen LogP contribution in [0.3, 0.4) is 0 Å². The monoisotopic (exact) mass is 369 g/mol. The lowest BCUT2D eigenvalue weighted by Gasteiger charge is -2.36. The van der Waals surface area contributed by atoms with Crippen molar-refractivity contribution in [2.75, 3.05) is 13.1 Å². The minimum atomic E-state index is -3.06. The van der Waals surface area contributed by atoms with Crippen molar-refractivity contribution in [2.24, 2.45) is 5.92 Å². The average Bonchev–Trinajstić information content (AvgIpc) is 2.50. The highest BCUT2D eigenvalue weighted by Gasteiger charge is 2.43. The number of likely N-dealkylation sites (tertiary alicyclic amines) is 1. The number of rotatable bonds is 4. The Hall–Kier alpha value is -2.18. The predicted molar refractivity (Wildman–Crippen MR) is 91.7 cm³/mol. The summed E-state index contributed by atoms with van der Waals surface area (Å²) < 4.78 is 38.4. The first-order chi connectivity index (χ1) is 12.0. The number of halogens is 2. The lowest BCUT2D eigenvalue weighted by Crippen LogP contribution is -2.50. The summed E-state index contributed by atoms with van der Waals surface area (Å²) in [5.41, 5.74) is 0.0951. The molecule has 7 heteroatoms. The van der Waals surface area contributed by atoms with Crippen molar-refractivity contribution >= 4 is 12.1 Å². The highest BCUT2D eigenvalue weighted by atomic mass is 19.3. The van der Waals surface area contributed by atoms with Crippen LogP contribution in [0.4, 0.5) is 13.6 Å². The molecule has 1 atom stereocenters. The molecule has 1 aliphatic rings. The SMILES string of the molecule is CC(C)(C)OC(=O)C[C@@H]1CN(C(=O)OCc2ccccc2)CC(F)(F)C1. The molecular weight excluding hydrogens is 344 g/mol. The van der Waals surface area contributed by atoms with Gasteiger partial charge in [-0.3, -0.25) is 4.79 Å². The normalized spacial score (nSPS) is 19.7. The number of ether oxygens (including phenoxy) is 2. The molecule has 0 unspecified atom stereocenters. The lowest BCUT2D eigenvalue weighted by molar-refractivity contribution is -0.158. The Balaban J connectivity index is 1.93. The first-order valence-electron chi connectivity index (χ1n) is 8.59. The summed E-state index contributed by atoms with van der Waals surface area (Å²) in [5, 5.41) is 0. The molecule has 1 aliphatic heterocycles. The second-order valence-corrected chi connectivity index (χ2v) is 7.64. The summed E-state index contributed by atoms with van der Waals surface area (Å²) in [6, 6.07) is 8.99. The van der Waals surface area contributed by atoms with Crippen LogP contribution in [0.1, 0.15) is 39.2 Å². The van der Waals surface area contributed by atoms with Gasteiger partial charge in [-0.25, -0.2) is 13.6 Å². The maximum absolute atomic E-state index is 14.0. The Bertz CT molecular complexity index is 628. The molecule has 1 saturated heterocycles.